The first kappa shape index (κ1) is 20.4. The van der Waals surface area contributed by atoms with Gasteiger partial charge < -0.3 is 0 Å². The van der Waals surface area contributed by atoms with Gasteiger partial charge in [-0.2, -0.15) is 0 Å². The zero-order valence-corrected chi connectivity index (χ0v) is 14.5. The monoisotopic (exact) mass is 295 g/mol. The summed E-state index contributed by atoms with van der Waals surface area (Å²) in [4.78, 5) is 14.3. The summed E-state index contributed by atoms with van der Waals surface area (Å²) in [6.45, 7) is 4.46. The lowest BCUT2D eigenvalue weighted by molar-refractivity contribution is 0.488. The van der Waals surface area contributed by atoms with Crippen LogP contribution >= 0.6 is 0 Å². The summed E-state index contributed by atoms with van der Waals surface area (Å²) in [5.74, 6) is 0. The van der Waals surface area contributed by atoms with Gasteiger partial charge >= 0.3 is 0 Å². The average molecular weight is 296 g/mol. The fraction of sp³-hybridized carbons (Fsp3) is 0.947. The van der Waals surface area contributed by atoms with Crippen molar-refractivity contribution in [1.82, 2.24) is 0 Å². The maximum absolute atomic E-state index is 10.4. The SMILES string of the molecule is CCCCCCCCCCCCCC(CCCC)N=C=O. The minimum absolute atomic E-state index is 0.237. The molecule has 0 saturated heterocycles. The van der Waals surface area contributed by atoms with Crippen molar-refractivity contribution >= 4 is 6.08 Å². The van der Waals surface area contributed by atoms with Gasteiger partial charge in [-0.1, -0.05) is 97.3 Å². The molecular weight excluding hydrogens is 258 g/mol. The van der Waals surface area contributed by atoms with E-state index in [0.717, 1.165) is 12.8 Å². The van der Waals surface area contributed by atoms with Crippen LogP contribution in [0.3, 0.4) is 0 Å². The third kappa shape index (κ3) is 15.6. The van der Waals surface area contributed by atoms with Gasteiger partial charge in [-0.15, -0.1) is 0 Å². The summed E-state index contributed by atoms with van der Waals surface area (Å²) in [5, 5.41) is 0. The third-order valence-electron chi connectivity index (χ3n) is 4.27. The van der Waals surface area contributed by atoms with Crippen LogP contribution in [0.25, 0.3) is 0 Å². The highest BCUT2D eigenvalue weighted by atomic mass is 16.1. The molecule has 0 aromatic carbocycles. The van der Waals surface area contributed by atoms with E-state index in [4.69, 9.17) is 0 Å². The lowest BCUT2D eigenvalue weighted by Crippen LogP contribution is -2.03. The Hall–Kier alpha value is -0.620. The van der Waals surface area contributed by atoms with Crippen molar-refractivity contribution in [1.29, 1.82) is 0 Å². The number of hydrogen-bond acceptors (Lipinski definition) is 2. The highest BCUT2D eigenvalue weighted by molar-refractivity contribution is 5.33. The Morgan fingerprint density at radius 1 is 0.667 bits per heavy atom. The normalized spacial score (nSPS) is 12.1. The highest BCUT2D eigenvalue weighted by Crippen LogP contribution is 2.15. The maximum Gasteiger partial charge on any atom is 0.235 e. The number of unbranched alkanes of at least 4 members (excludes halogenated alkanes) is 11. The van der Waals surface area contributed by atoms with Gasteiger partial charge in [-0.05, 0) is 12.8 Å². The standard InChI is InChI=1S/C19H37NO/c1-3-5-7-8-9-10-11-12-13-14-15-17-19(20-18-21)16-6-4-2/h19H,3-17H2,1-2H3. The first-order chi connectivity index (χ1) is 10.3. The molecule has 0 N–H and O–H groups in total. The van der Waals surface area contributed by atoms with E-state index in [2.05, 4.69) is 18.8 Å². The summed E-state index contributed by atoms with van der Waals surface area (Å²) in [5.41, 5.74) is 0. The topological polar surface area (TPSA) is 29.4 Å². The molecule has 0 aliphatic rings. The van der Waals surface area contributed by atoms with Crippen LogP contribution in [-0.4, -0.2) is 12.1 Å². The van der Waals surface area contributed by atoms with E-state index in [-0.39, 0.29) is 6.04 Å². The van der Waals surface area contributed by atoms with Gasteiger partial charge in [-0.3, -0.25) is 0 Å². The minimum atomic E-state index is 0.237. The molecule has 1 unspecified atom stereocenters. The molecule has 0 aliphatic carbocycles. The zero-order valence-electron chi connectivity index (χ0n) is 14.5. The molecule has 0 fully saturated rings. The van der Waals surface area contributed by atoms with E-state index in [0.29, 0.717) is 0 Å². The van der Waals surface area contributed by atoms with Crippen molar-refractivity contribution in [2.24, 2.45) is 4.99 Å². The van der Waals surface area contributed by atoms with Crippen molar-refractivity contribution in [3.05, 3.63) is 0 Å². The van der Waals surface area contributed by atoms with E-state index in [1.807, 2.05) is 0 Å². The third-order valence-corrected chi connectivity index (χ3v) is 4.27. The second kappa shape index (κ2) is 17.4. The Balaban J connectivity index is 3.31. The number of aliphatic imine (C=N–C) groups is 1. The van der Waals surface area contributed by atoms with Crippen molar-refractivity contribution in [2.75, 3.05) is 0 Å². The smallest absolute Gasteiger partial charge is 0.211 e. The first-order valence-corrected chi connectivity index (χ1v) is 9.42. The lowest BCUT2D eigenvalue weighted by Gasteiger charge is -2.09. The largest absolute Gasteiger partial charge is 0.235 e. The van der Waals surface area contributed by atoms with Crippen LogP contribution in [0.1, 0.15) is 110 Å². The first-order valence-electron chi connectivity index (χ1n) is 9.42. The lowest BCUT2D eigenvalue weighted by atomic mass is 10.0. The van der Waals surface area contributed by atoms with E-state index in [1.54, 1.807) is 6.08 Å². The molecule has 0 aromatic rings. The Bertz CT molecular complexity index is 246. The van der Waals surface area contributed by atoms with Crippen LogP contribution in [0, 0.1) is 0 Å². The Morgan fingerprint density at radius 2 is 1.10 bits per heavy atom. The number of carbonyl (C=O) groups excluding carboxylic acids is 1. The molecule has 0 amide bonds. The number of hydrogen-bond donors (Lipinski definition) is 0. The molecule has 0 radical (unpaired) electrons. The summed E-state index contributed by atoms with van der Waals surface area (Å²) >= 11 is 0. The summed E-state index contributed by atoms with van der Waals surface area (Å²) < 4.78 is 0. The number of isocyanates is 1. The molecule has 2 heteroatoms. The van der Waals surface area contributed by atoms with Crippen LogP contribution in [0.15, 0.2) is 4.99 Å². The Labute approximate surface area is 132 Å². The molecule has 0 aromatic heterocycles. The van der Waals surface area contributed by atoms with Gasteiger partial charge in [0.1, 0.15) is 0 Å². The second-order valence-electron chi connectivity index (χ2n) is 6.34. The van der Waals surface area contributed by atoms with Crippen LogP contribution < -0.4 is 0 Å². The molecule has 2 nitrogen and oxygen atoms in total. The van der Waals surface area contributed by atoms with Gasteiger partial charge in [0.15, 0.2) is 0 Å². The molecule has 1 atom stereocenters. The number of rotatable bonds is 16. The van der Waals surface area contributed by atoms with E-state index in [9.17, 15) is 4.79 Å². The average Bonchev–Trinajstić information content (AvgIpc) is 2.50. The summed E-state index contributed by atoms with van der Waals surface area (Å²) in [6.07, 6.45) is 21.3. The van der Waals surface area contributed by atoms with E-state index < -0.39 is 0 Å². The molecule has 0 rings (SSSR count). The molecule has 0 heterocycles. The predicted molar refractivity (Wildman–Crippen MR) is 92.5 cm³/mol. The predicted octanol–water partition coefficient (Wildman–Crippen LogP) is 6.58. The van der Waals surface area contributed by atoms with Crippen LogP contribution in [0.2, 0.25) is 0 Å². The van der Waals surface area contributed by atoms with Crippen LogP contribution in [0.5, 0.6) is 0 Å². The quantitative estimate of drug-likeness (QED) is 0.179. The van der Waals surface area contributed by atoms with Crippen molar-refractivity contribution < 1.29 is 4.79 Å². The zero-order chi connectivity index (χ0) is 15.6. The minimum Gasteiger partial charge on any atom is -0.211 e. The maximum atomic E-state index is 10.4. The van der Waals surface area contributed by atoms with Gasteiger partial charge in [0, 0.05) is 0 Å². The van der Waals surface area contributed by atoms with E-state index in [1.165, 1.54) is 83.5 Å². The fourth-order valence-electron chi connectivity index (χ4n) is 2.83. The fourth-order valence-corrected chi connectivity index (χ4v) is 2.83. The van der Waals surface area contributed by atoms with Gasteiger partial charge in [0.05, 0.1) is 6.04 Å². The molecule has 124 valence electrons. The van der Waals surface area contributed by atoms with Gasteiger partial charge in [-0.25, -0.2) is 9.79 Å². The Morgan fingerprint density at radius 3 is 1.57 bits per heavy atom. The van der Waals surface area contributed by atoms with Crippen molar-refractivity contribution in [3.63, 3.8) is 0 Å². The highest BCUT2D eigenvalue weighted by Gasteiger charge is 2.05. The molecule has 0 aliphatic heterocycles. The summed E-state index contributed by atoms with van der Waals surface area (Å²) in [6, 6.07) is 0.237. The molecular formula is C19H37NO. The number of nitrogens with zero attached hydrogens (tertiary/aromatic N) is 1. The molecule has 21 heavy (non-hydrogen) atoms. The van der Waals surface area contributed by atoms with Gasteiger partial charge in [0.2, 0.25) is 6.08 Å². The molecule has 0 spiro atoms. The van der Waals surface area contributed by atoms with Crippen molar-refractivity contribution in [3.8, 4) is 0 Å². The van der Waals surface area contributed by atoms with E-state index >= 15 is 0 Å². The molecule has 0 bridgehead atoms. The molecule has 0 saturated carbocycles. The van der Waals surface area contributed by atoms with Crippen LogP contribution in [0.4, 0.5) is 0 Å². The van der Waals surface area contributed by atoms with Crippen LogP contribution in [-0.2, 0) is 4.79 Å². The second-order valence-corrected chi connectivity index (χ2v) is 6.34. The van der Waals surface area contributed by atoms with Gasteiger partial charge in [0.25, 0.3) is 0 Å². The summed E-state index contributed by atoms with van der Waals surface area (Å²) in [7, 11) is 0. The Kier molecular flexibility index (Phi) is 16.9. The van der Waals surface area contributed by atoms with Crippen molar-refractivity contribution in [2.45, 2.75) is 116 Å².